The molecule has 0 aliphatic heterocycles. The molecule has 0 amide bonds. The minimum Gasteiger partial charge on any atom is -0.395 e. The molecule has 78 valence electrons. The number of aromatic nitrogens is 1. The second-order valence-corrected chi connectivity index (χ2v) is 3.46. The molecule has 0 aliphatic carbocycles. The highest BCUT2D eigenvalue weighted by atomic mass is 16.3. The van der Waals surface area contributed by atoms with Crippen molar-refractivity contribution < 1.29 is 5.11 Å². The number of aliphatic hydroxyl groups is 1. The molecule has 1 aromatic rings. The average molecular weight is 194 g/mol. The van der Waals surface area contributed by atoms with Gasteiger partial charge in [-0.25, -0.2) is 0 Å². The lowest BCUT2D eigenvalue weighted by Crippen LogP contribution is -2.33. The van der Waals surface area contributed by atoms with Gasteiger partial charge in [0.05, 0.1) is 6.61 Å². The fraction of sp³-hybridized carbons (Fsp3) is 0.545. The van der Waals surface area contributed by atoms with E-state index in [2.05, 4.69) is 24.1 Å². The molecule has 14 heavy (non-hydrogen) atoms. The van der Waals surface area contributed by atoms with Gasteiger partial charge in [-0.05, 0) is 31.0 Å². The fourth-order valence-electron chi connectivity index (χ4n) is 1.40. The van der Waals surface area contributed by atoms with Gasteiger partial charge in [0.15, 0.2) is 0 Å². The molecular weight excluding hydrogens is 176 g/mol. The van der Waals surface area contributed by atoms with E-state index in [1.807, 2.05) is 12.1 Å². The Kier molecular flexibility index (Phi) is 4.56. The summed E-state index contributed by atoms with van der Waals surface area (Å²) in [5.74, 6) is 0. The van der Waals surface area contributed by atoms with E-state index in [4.69, 9.17) is 5.11 Å². The molecule has 2 unspecified atom stereocenters. The van der Waals surface area contributed by atoms with E-state index in [0.717, 1.165) is 6.42 Å². The van der Waals surface area contributed by atoms with Crippen LogP contribution in [0.2, 0.25) is 0 Å². The zero-order valence-corrected chi connectivity index (χ0v) is 8.77. The first-order chi connectivity index (χ1) is 6.77. The van der Waals surface area contributed by atoms with Crippen molar-refractivity contribution in [3.05, 3.63) is 30.1 Å². The Morgan fingerprint density at radius 3 is 2.57 bits per heavy atom. The van der Waals surface area contributed by atoms with Crippen LogP contribution in [0.3, 0.4) is 0 Å². The molecule has 3 nitrogen and oxygen atoms in total. The number of hydrogen-bond donors (Lipinski definition) is 2. The molecule has 0 fully saturated rings. The minimum atomic E-state index is 0.179. The Hall–Kier alpha value is -0.930. The molecule has 0 saturated carbocycles. The lowest BCUT2D eigenvalue weighted by Gasteiger charge is -2.20. The van der Waals surface area contributed by atoms with Crippen molar-refractivity contribution in [1.29, 1.82) is 0 Å². The Balaban J connectivity index is 2.54. The predicted molar refractivity (Wildman–Crippen MR) is 57.0 cm³/mol. The molecule has 1 heterocycles. The first kappa shape index (κ1) is 11.1. The van der Waals surface area contributed by atoms with Crippen LogP contribution in [0.4, 0.5) is 0 Å². The highest BCUT2D eigenvalue weighted by Crippen LogP contribution is 2.11. The molecule has 2 N–H and O–H groups in total. The van der Waals surface area contributed by atoms with Crippen LogP contribution < -0.4 is 5.32 Å². The number of aliphatic hydroxyl groups excluding tert-OH is 1. The quantitative estimate of drug-likeness (QED) is 0.746. The Morgan fingerprint density at radius 1 is 1.43 bits per heavy atom. The van der Waals surface area contributed by atoms with Gasteiger partial charge in [0.25, 0.3) is 0 Å². The number of nitrogens with one attached hydrogen (secondary N) is 1. The summed E-state index contributed by atoms with van der Waals surface area (Å²) in [5.41, 5.74) is 1.20. The summed E-state index contributed by atoms with van der Waals surface area (Å²) in [6, 6.07) is 4.41. The summed E-state index contributed by atoms with van der Waals surface area (Å²) in [6.45, 7) is 4.34. The zero-order valence-electron chi connectivity index (χ0n) is 8.77. The van der Waals surface area contributed by atoms with Gasteiger partial charge in [0.1, 0.15) is 0 Å². The molecule has 0 aromatic carbocycles. The molecule has 3 heteroatoms. The minimum absolute atomic E-state index is 0.179. The zero-order chi connectivity index (χ0) is 10.4. The highest BCUT2D eigenvalue weighted by molar-refractivity contribution is 5.14. The third-order valence-electron chi connectivity index (χ3n) is 2.40. The van der Waals surface area contributed by atoms with Crippen LogP contribution >= 0.6 is 0 Å². The molecule has 0 bridgehead atoms. The van der Waals surface area contributed by atoms with Gasteiger partial charge in [0, 0.05) is 24.5 Å². The number of nitrogens with zero attached hydrogens (tertiary/aromatic N) is 1. The normalized spacial score (nSPS) is 15.1. The first-order valence-electron chi connectivity index (χ1n) is 5.04. The summed E-state index contributed by atoms with van der Waals surface area (Å²) in [7, 11) is 0. The average Bonchev–Trinajstić information content (AvgIpc) is 2.26. The molecule has 0 aliphatic rings. The van der Waals surface area contributed by atoms with Crippen LogP contribution in [-0.2, 0) is 0 Å². The smallest absolute Gasteiger partial charge is 0.0584 e. The number of pyridine rings is 1. The van der Waals surface area contributed by atoms with Gasteiger partial charge in [-0.2, -0.15) is 0 Å². The molecule has 0 spiro atoms. The summed E-state index contributed by atoms with van der Waals surface area (Å²) < 4.78 is 0. The summed E-state index contributed by atoms with van der Waals surface area (Å²) >= 11 is 0. The maximum absolute atomic E-state index is 9.05. The standard InChI is InChI=1S/C11H18N2O/c1-3-11(8-14)13-9(2)10-4-6-12-7-5-10/h4-7,9,11,13-14H,3,8H2,1-2H3. The molecule has 2 atom stereocenters. The van der Waals surface area contributed by atoms with Crippen molar-refractivity contribution in [1.82, 2.24) is 10.3 Å². The van der Waals surface area contributed by atoms with Crippen molar-refractivity contribution in [3.63, 3.8) is 0 Å². The van der Waals surface area contributed by atoms with Crippen LogP contribution in [0.25, 0.3) is 0 Å². The van der Waals surface area contributed by atoms with E-state index in [1.54, 1.807) is 12.4 Å². The van der Waals surface area contributed by atoms with Crippen molar-refractivity contribution >= 4 is 0 Å². The first-order valence-corrected chi connectivity index (χ1v) is 5.04. The van der Waals surface area contributed by atoms with Gasteiger partial charge in [-0.15, -0.1) is 0 Å². The van der Waals surface area contributed by atoms with Gasteiger partial charge in [0.2, 0.25) is 0 Å². The van der Waals surface area contributed by atoms with Crippen LogP contribution in [0.1, 0.15) is 31.9 Å². The highest BCUT2D eigenvalue weighted by Gasteiger charge is 2.09. The van der Waals surface area contributed by atoms with Gasteiger partial charge < -0.3 is 10.4 Å². The Bertz CT molecular complexity index is 247. The topological polar surface area (TPSA) is 45.1 Å². The van der Waals surface area contributed by atoms with E-state index in [1.165, 1.54) is 5.56 Å². The van der Waals surface area contributed by atoms with Crippen LogP contribution in [-0.4, -0.2) is 22.7 Å². The maximum Gasteiger partial charge on any atom is 0.0584 e. The van der Waals surface area contributed by atoms with Crippen molar-refractivity contribution in [2.75, 3.05) is 6.61 Å². The van der Waals surface area contributed by atoms with E-state index in [-0.39, 0.29) is 18.7 Å². The van der Waals surface area contributed by atoms with E-state index < -0.39 is 0 Å². The lowest BCUT2D eigenvalue weighted by molar-refractivity contribution is 0.230. The van der Waals surface area contributed by atoms with Gasteiger partial charge in [-0.3, -0.25) is 4.98 Å². The second-order valence-electron chi connectivity index (χ2n) is 3.46. The SMILES string of the molecule is CCC(CO)NC(C)c1ccncc1. The van der Waals surface area contributed by atoms with Crippen molar-refractivity contribution in [2.24, 2.45) is 0 Å². The number of hydrogen-bond acceptors (Lipinski definition) is 3. The van der Waals surface area contributed by atoms with Gasteiger partial charge in [-0.1, -0.05) is 6.92 Å². The largest absolute Gasteiger partial charge is 0.395 e. The summed E-state index contributed by atoms with van der Waals surface area (Å²) in [6.07, 6.45) is 4.51. The second kappa shape index (κ2) is 5.73. The predicted octanol–water partition coefficient (Wildman–Crippen LogP) is 1.50. The Morgan fingerprint density at radius 2 is 2.07 bits per heavy atom. The van der Waals surface area contributed by atoms with Gasteiger partial charge >= 0.3 is 0 Å². The number of rotatable bonds is 5. The van der Waals surface area contributed by atoms with E-state index in [0.29, 0.717) is 0 Å². The lowest BCUT2D eigenvalue weighted by atomic mass is 10.1. The monoisotopic (exact) mass is 194 g/mol. The third kappa shape index (κ3) is 3.09. The molecule has 1 aromatic heterocycles. The molecule has 0 radical (unpaired) electrons. The van der Waals surface area contributed by atoms with Crippen LogP contribution in [0.5, 0.6) is 0 Å². The van der Waals surface area contributed by atoms with Crippen LogP contribution in [0.15, 0.2) is 24.5 Å². The maximum atomic E-state index is 9.05. The third-order valence-corrected chi connectivity index (χ3v) is 2.40. The summed E-state index contributed by atoms with van der Waals surface area (Å²) in [4.78, 5) is 3.97. The molecule has 0 saturated heterocycles. The Labute approximate surface area is 85.2 Å². The molecular formula is C11H18N2O. The van der Waals surface area contributed by atoms with Crippen LogP contribution in [0, 0.1) is 0 Å². The fourth-order valence-corrected chi connectivity index (χ4v) is 1.40. The van der Waals surface area contributed by atoms with Crippen molar-refractivity contribution in [3.8, 4) is 0 Å². The van der Waals surface area contributed by atoms with E-state index in [9.17, 15) is 0 Å². The van der Waals surface area contributed by atoms with Crippen molar-refractivity contribution in [2.45, 2.75) is 32.4 Å². The van der Waals surface area contributed by atoms with E-state index >= 15 is 0 Å². The summed E-state index contributed by atoms with van der Waals surface area (Å²) in [5, 5.41) is 12.4. The molecule has 1 rings (SSSR count).